The van der Waals surface area contributed by atoms with E-state index in [1.165, 1.54) is 23.1 Å². The van der Waals surface area contributed by atoms with Crippen LogP contribution in [0.2, 0.25) is 0 Å². The number of hydrogen-bond acceptors (Lipinski definition) is 5. The Morgan fingerprint density at radius 2 is 1.73 bits per heavy atom. The number of amides is 2. The lowest BCUT2D eigenvalue weighted by molar-refractivity contribution is -0.116. The molecule has 7 heteroatoms. The first kappa shape index (κ1) is 22.3. The summed E-state index contributed by atoms with van der Waals surface area (Å²) >= 11 is 2.97. The van der Waals surface area contributed by atoms with Gasteiger partial charge in [-0.1, -0.05) is 50.7 Å². The van der Waals surface area contributed by atoms with E-state index in [4.69, 9.17) is 0 Å². The van der Waals surface area contributed by atoms with Gasteiger partial charge in [0.1, 0.15) is 0 Å². The Morgan fingerprint density at radius 1 is 1.00 bits per heavy atom. The van der Waals surface area contributed by atoms with Gasteiger partial charge >= 0.3 is 0 Å². The van der Waals surface area contributed by atoms with E-state index in [0.29, 0.717) is 12.2 Å². The first-order valence-electron chi connectivity index (χ1n) is 10.3. The van der Waals surface area contributed by atoms with Crippen molar-refractivity contribution in [3.8, 4) is 0 Å². The highest BCUT2D eigenvalue weighted by Crippen LogP contribution is 2.31. The number of nitrogens with zero attached hydrogens (tertiary/aromatic N) is 1. The molecule has 0 aliphatic heterocycles. The van der Waals surface area contributed by atoms with Gasteiger partial charge in [-0.05, 0) is 48.6 Å². The van der Waals surface area contributed by atoms with Crippen molar-refractivity contribution in [1.82, 2.24) is 4.98 Å². The van der Waals surface area contributed by atoms with Crippen LogP contribution in [0.3, 0.4) is 0 Å². The lowest BCUT2D eigenvalue weighted by Crippen LogP contribution is -2.16. The van der Waals surface area contributed by atoms with E-state index in [9.17, 15) is 9.59 Å². The molecule has 0 saturated heterocycles. The predicted molar refractivity (Wildman–Crippen MR) is 128 cm³/mol. The zero-order chi connectivity index (χ0) is 21.5. The van der Waals surface area contributed by atoms with E-state index >= 15 is 0 Å². The molecule has 0 bridgehead atoms. The van der Waals surface area contributed by atoms with Gasteiger partial charge in [-0.2, -0.15) is 0 Å². The summed E-state index contributed by atoms with van der Waals surface area (Å²) in [5, 5.41) is 6.01. The highest BCUT2D eigenvalue weighted by Gasteiger charge is 2.12. The monoisotopic (exact) mass is 441 g/mol. The van der Waals surface area contributed by atoms with Gasteiger partial charge < -0.3 is 10.6 Å². The Kier molecular flexibility index (Phi) is 7.87. The highest BCUT2D eigenvalue weighted by molar-refractivity contribution is 8.01. The maximum Gasteiger partial charge on any atom is 0.234 e. The Labute approximate surface area is 185 Å². The summed E-state index contributed by atoms with van der Waals surface area (Å²) in [4.78, 5) is 29.0. The molecular formula is C23H27N3O2S2. The third-order valence-electron chi connectivity index (χ3n) is 4.72. The lowest BCUT2D eigenvalue weighted by atomic mass is 10.0. The van der Waals surface area contributed by atoms with Crippen LogP contribution in [0.4, 0.5) is 11.4 Å². The molecule has 2 N–H and O–H groups in total. The fourth-order valence-corrected chi connectivity index (χ4v) is 5.11. The number of rotatable bonds is 9. The third kappa shape index (κ3) is 5.61. The molecule has 0 aliphatic carbocycles. The summed E-state index contributed by atoms with van der Waals surface area (Å²) in [6.07, 6.45) is 3.09. The standard InChI is InChI=1S/C23H27N3O2S2/c1-4-8-20(27)24-17-11-12-18-19(13-17)30-23(25-18)29-14-21(28)26-22-15(5-2)9-7-10-16(22)6-3/h7,9-13H,4-6,8,14H2,1-3H3,(H,24,27)(H,26,28). The molecule has 0 spiro atoms. The maximum absolute atomic E-state index is 12.6. The van der Waals surface area contributed by atoms with Crippen LogP contribution in [0, 0.1) is 0 Å². The Hall–Kier alpha value is -2.38. The molecular weight excluding hydrogens is 414 g/mol. The van der Waals surface area contributed by atoms with Gasteiger partial charge in [-0.3, -0.25) is 9.59 Å². The molecule has 3 rings (SSSR count). The van der Waals surface area contributed by atoms with Crippen LogP contribution in [0.25, 0.3) is 10.2 Å². The molecule has 2 aromatic carbocycles. The zero-order valence-corrected chi connectivity index (χ0v) is 19.2. The summed E-state index contributed by atoms with van der Waals surface area (Å²) in [5.41, 5.74) is 4.92. The minimum Gasteiger partial charge on any atom is -0.326 e. The fourth-order valence-electron chi connectivity index (χ4n) is 3.20. The van der Waals surface area contributed by atoms with Crippen LogP contribution >= 0.6 is 23.1 Å². The van der Waals surface area contributed by atoms with Gasteiger partial charge in [-0.25, -0.2) is 4.98 Å². The van der Waals surface area contributed by atoms with Crippen LogP contribution in [0.1, 0.15) is 44.7 Å². The fraction of sp³-hybridized carbons (Fsp3) is 0.348. The first-order valence-corrected chi connectivity index (χ1v) is 12.1. The van der Waals surface area contributed by atoms with Crippen molar-refractivity contribution in [2.24, 2.45) is 0 Å². The molecule has 0 atom stereocenters. The number of aromatic nitrogens is 1. The van der Waals surface area contributed by atoms with Gasteiger partial charge in [0.25, 0.3) is 0 Å². The largest absolute Gasteiger partial charge is 0.326 e. The Balaban J connectivity index is 1.64. The van der Waals surface area contributed by atoms with Crippen molar-refractivity contribution in [2.75, 3.05) is 16.4 Å². The number of carbonyl (C=O) groups excluding carboxylic acids is 2. The molecule has 1 heterocycles. The normalized spacial score (nSPS) is 10.9. The van der Waals surface area contributed by atoms with E-state index in [2.05, 4.69) is 41.6 Å². The molecule has 0 unspecified atom stereocenters. The van der Waals surface area contributed by atoms with Crippen LogP contribution in [-0.2, 0) is 22.4 Å². The minimum atomic E-state index is -0.0256. The van der Waals surface area contributed by atoms with E-state index in [0.717, 1.165) is 56.3 Å². The van der Waals surface area contributed by atoms with Crippen molar-refractivity contribution >= 4 is 56.5 Å². The molecule has 1 aromatic heterocycles. The second-order valence-corrected chi connectivity index (χ2v) is 9.21. The van der Waals surface area contributed by atoms with Crippen molar-refractivity contribution in [3.63, 3.8) is 0 Å². The predicted octanol–water partition coefficient (Wildman–Crippen LogP) is 5.89. The smallest absolute Gasteiger partial charge is 0.234 e. The molecule has 2 amide bonds. The summed E-state index contributed by atoms with van der Waals surface area (Å²) in [5.74, 6) is 0.301. The number of benzene rings is 2. The lowest BCUT2D eigenvalue weighted by Gasteiger charge is -2.14. The Bertz CT molecular complexity index is 1020. The molecule has 0 aliphatic rings. The van der Waals surface area contributed by atoms with Gasteiger partial charge in [0, 0.05) is 17.8 Å². The highest BCUT2D eigenvalue weighted by atomic mass is 32.2. The van der Waals surface area contributed by atoms with E-state index < -0.39 is 0 Å². The van der Waals surface area contributed by atoms with E-state index in [1.807, 2.05) is 31.2 Å². The van der Waals surface area contributed by atoms with Crippen LogP contribution < -0.4 is 10.6 Å². The summed E-state index contributed by atoms with van der Waals surface area (Å²) < 4.78 is 1.84. The van der Waals surface area contributed by atoms with Crippen molar-refractivity contribution in [2.45, 2.75) is 50.8 Å². The van der Waals surface area contributed by atoms with Gasteiger partial charge in [0.15, 0.2) is 4.34 Å². The third-order valence-corrected chi connectivity index (χ3v) is 6.88. The molecule has 0 radical (unpaired) electrons. The first-order chi connectivity index (χ1) is 14.5. The van der Waals surface area contributed by atoms with E-state index in [-0.39, 0.29) is 11.8 Å². The van der Waals surface area contributed by atoms with Gasteiger partial charge in [0.2, 0.25) is 11.8 Å². The molecule has 30 heavy (non-hydrogen) atoms. The van der Waals surface area contributed by atoms with Gasteiger partial charge in [-0.15, -0.1) is 11.3 Å². The summed E-state index contributed by atoms with van der Waals surface area (Å²) in [6.45, 7) is 6.17. The molecule has 5 nitrogen and oxygen atoms in total. The number of thioether (sulfide) groups is 1. The van der Waals surface area contributed by atoms with Crippen LogP contribution in [0.5, 0.6) is 0 Å². The minimum absolute atomic E-state index is 0.0199. The number of aryl methyl sites for hydroxylation is 2. The van der Waals surface area contributed by atoms with Crippen molar-refractivity contribution in [3.05, 3.63) is 47.5 Å². The number of fused-ring (bicyclic) bond motifs is 1. The zero-order valence-electron chi connectivity index (χ0n) is 17.6. The topological polar surface area (TPSA) is 71.1 Å². The number of nitrogens with one attached hydrogen (secondary N) is 2. The average Bonchev–Trinajstić information content (AvgIpc) is 3.14. The number of anilines is 2. The SMILES string of the molecule is CCCC(=O)Nc1ccc2nc(SCC(=O)Nc3c(CC)cccc3CC)sc2c1. The number of para-hydroxylation sites is 1. The second kappa shape index (κ2) is 10.6. The molecule has 158 valence electrons. The molecule has 3 aromatic rings. The summed E-state index contributed by atoms with van der Waals surface area (Å²) in [6, 6.07) is 11.9. The second-order valence-electron chi connectivity index (χ2n) is 6.96. The van der Waals surface area contributed by atoms with Crippen molar-refractivity contribution < 1.29 is 9.59 Å². The van der Waals surface area contributed by atoms with Crippen LogP contribution in [0.15, 0.2) is 40.7 Å². The maximum atomic E-state index is 12.6. The number of carbonyl (C=O) groups is 2. The molecule has 0 saturated carbocycles. The quantitative estimate of drug-likeness (QED) is 0.406. The summed E-state index contributed by atoms with van der Waals surface area (Å²) in [7, 11) is 0. The van der Waals surface area contributed by atoms with Gasteiger partial charge in [0.05, 0.1) is 16.0 Å². The van der Waals surface area contributed by atoms with E-state index in [1.54, 1.807) is 0 Å². The number of hydrogen-bond donors (Lipinski definition) is 2. The average molecular weight is 442 g/mol. The van der Waals surface area contributed by atoms with Crippen molar-refractivity contribution in [1.29, 1.82) is 0 Å². The number of thiazole rings is 1. The molecule has 0 fully saturated rings. The Morgan fingerprint density at radius 3 is 2.40 bits per heavy atom. The van der Waals surface area contributed by atoms with Crippen LogP contribution in [-0.4, -0.2) is 22.6 Å².